The Morgan fingerprint density at radius 3 is 2.26 bits per heavy atom. The quantitative estimate of drug-likeness (QED) is 0.591. The molecule has 2 heterocycles. The summed E-state index contributed by atoms with van der Waals surface area (Å²) in [6.45, 7) is 7.21. The van der Waals surface area contributed by atoms with Crippen molar-refractivity contribution in [1.29, 1.82) is 0 Å². The second-order valence-electron chi connectivity index (χ2n) is 11.0. The van der Waals surface area contributed by atoms with E-state index in [2.05, 4.69) is 5.32 Å². The second-order valence-corrected chi connectivity index (χ2v) is 11.0. The number of carbonyl (C=O) groups is 4. The van der Waals surface area contributed by atoms with Gasteiger partial charge >= 0.3 is 12.1 Å². The largest absolute Gasteiger partial charge is 0.481 e. The zero-order valence-corrected chi connectivity index (χ0v) is 22.1. The Labute approximate surface area is 222 Å². The van der Waals surface area contributed by atoms with Gasteiger partial charge in [0.25, 0.3) is 5.91 Å². The highest BCUT2D eigenvalue weighted by Gasteiger charge is 2.31. The minimum Gasteiger partial charge on any atom is -0.481 e. The number of piperidine rings is 1. The fourth-order valence-electron chi connectivity index (χ4n) is 4.91. The minimum absolute atomic E-state index is 0.101. The maximum atomic E-state index is 13.2. The molecule has 202 valence electrons. The number of carboxylic acids is 1. The molecular weight excluding hydrogens is 486 g/mol. The van der Waals surface area contributed by atoms with Crippen LogP contribution in [0, 0.1) is 5.92 Å². The Morgan fingerprint density at radius 1 is 0.974 bits per heavy atom. The number of fused-ring (bicyclic) bond motifs is 1. The monoisotopic (exact) mass is 521 g/mol. The number of rotatable bonds is 6. The van der Waals surface area contributed by atoms with Crippen molar-refractivity contribution in [3.63, 3.8) is 0 Å². The lowest BCUT2D eigenvalue weighted by molar-refractivity contribution is -0.138. The molecule has 2 aromatic rings. The lowest BCUT2D eigenvalue weighted by Crippen LogP contribution is -2.44. The third-order valence-electron chi connectivity index (χ3n) is 6.88. The Hall–Kier alpha value is -3.88. The van der Waals surface area contributed by atoms with Crippen LogP contribution in [-0.2, 0) is 27.4 Å². The Kier molecular flexibility index (Phi) is 8.04. The summed E-state index contributed by atoms with van der Waals surface area (Å²) in [5, 5.41) is 12.2. The van der Waals surface area contributed by atoms with E-state index in [0.29, 0.717) is 44.6 Å². The highest BCUT2D eigenvalue weighted by Crippen LogP contribution is 2.27. The molecule has 1 atom stereocenters. The molecule has 1 fully saturated rings. The number of carbonyl (C=O) groups excluding carboxylic acids is 3. The van der Waals surface area contributed by atoms with Crippen LogP contribution >= 0.6 is 0 Å². The number of likely N-dealkylation sites (tertiary alicyclic amines) is 1. The van der Waals surface area contributed by atoms with Crippen molar-refractivity contribution in [2.45, 2.75) is 64.8 Å². The van der Waals surface area contributed by atoms with Gasteiger partial charge < -0.3 is 20.1 Å². The van der Waals surface area contributed by atoms with Gasteiger partial charge in [0.1, 0.15) is 5.60 Å². The van der Waals surface area contributed by atoms with Crippen LogP contribution in [0.5, 0.6) is 0 Å². The molecule has 0 aromatic heterocycles. The van der Waals surface area contributed by atoms with Gasteiger partial charge in [-0.25, -0.2) is 4.79 Å². The van der Waals surface area contributed by atoms with E-state index in [9.17, 15) is 24.3 Å². The number of nitrogens with one attached hydrogen (secondary N) is 1. The van der Waals surface area contributed by atoms with Crippen molar-refractivity contribution in [2.24, 2.45) is 5.92 Å². The van der Waals surface area contributed by atoms with E-state index in [-0.39, 0.29) is 30.2 Å². The van der Waals surface area contributed by atoms with Crippen molar-refractivity contribution >= 4 is 23.9 Å². The van der Waals surface area contributed by atoms with Crippen LogP contribution in [0.15, 0.2) is 48.5 Å². The lowest BCUT2D eigenvalue weighted by atomic mass is 9.94. The second kappa shape index (κ2) is 11.2. The van der Waals surface area contributed by atoms with E-state index >= 15 is 0 Å². The molecule has 2 N–H and O–H groups in total. The summed E-state index contributed by atoms with van der Waals surface area (Å²) in [6, 6.07) is 14.0. The van der Waals surface area contributed by atoms with Crippen molar-refractivity contribution in [3.8, 4) is 0 Å². The number of nitrogens with zero attached hydrogens (tertiary/aromatic N) is 2. The highest BCUT2D eigenvalue weighted by molar-refractivity contribution is 5.95. The molecule has 9 heteroatoms. The van der Waals surface area contributed by atoms with Gasteiger partial charge in [0.05, 0.1) is 12.5 Å². The van der Waals surface area contributed by atoms with Gasteiger partial charge in [-0.3, -0.25) is 19.3 Å². The van der Waals surface area contributed by atoms with Crippen LogP contribution in [0.4, 0.5) is 4.79 Å². The predicted molar refractivity (Wildman–Crippen MR) is 140 cm³/mol. The number of aliphatic carboxylic acids is 1. The molecule has 0 spiro atoms. The maximum absolute atomic E-state index is 13.2. The predicted octanol–water partition coefficient (Wildman–Crippen LogP) is 4.12. The van der Waals surface area contributed by atoms with E-state index in [0.717, 1.165) is 16.7 Å². The molecule has 38 heavy (non-hydrogen) atoms. The van der Waals surface area contributed by atoms with Gasteiger partial charge in [-0.15, -0.1) is 0 Å². The average molecular weight is 522 g/mol. The molecule has 3 amide bonds. The third kappa shape index (κ3) is 6.70. The average Bonchev–Trinajstić information content (AvgIpc) is 3.31. The maximum Gasteiger partial charge on any atom is 0.410 e. The molecule has 2 aliphatic rings. The summed E-state index contributed by atoms with van der Waals surface area (Å²) in [7, 11) is 0. The van der Waals surface area contributed by atoms with Gasteiger partial charge in [0, 0.05) is 37.7 Å². The van der Waals surface area contributed by atoms with E-state index < -0.39 is 17.6 Å². The molecule has 1 unspecified atom stereocenters. The number of benzene rings is 2. The topological polar surface area (TPSA) is 116 Å². The van der Waals surface area contributed by atoms with Crippen LogP contribution in [0.3, 0.4) is 0 Å². The van der Waals surface area contributed by atoms with Crippen LogP contribution in [-0.4, -0.2) is 57.5 Å². The number of amides is 3. The first-order valence-corrected chi connectivity index (χ1v) is 13.0. The van der Waals surface area contributed by atoms with E-state index in [1.54, 1.807) is 28.0 Å². The summed E-state index contributed by atoms with van der Waals surface area (Å²) in [6.07, 6.45) is 0.434. The molecule has 0 saturated carbocycles. The number of hydrogen-bond donors (Lipinski definition) is 2. The van der Waals surface area contributed by atoms with Crippen molar-refractivity contribution in [1.82, 2.24) is 15.1 Å². The zero-order valence-electron chi connectivity index (χ0n) is 22.1. The van der Waals surface area contributed by atoms with Gasteiger partial charge in [-0.1, -0.05) is 36.4 Å². The third-order valence-corrected chi connectivity index (χ3v) is 6.88. The van der Waals surface area contributed by atoms with E-state index in [4.69, 9.17) is 4.74 Å². The first-order valence-electron chi connectivity index (χ1n) is 13.0. The van der Waals surface area contributed by atoms with Crippen molar-refractivity contribution in [3.05, 3.63) is 70.8 Å². The standard InChI is InChI=1S/C29H35N3O6/c1-29(2,3)38-28(37)32-17-22-10-9-21(15-23(22)18-32)27(36)31-13-11-20(12-14-31)26(35)30-24(16-25(33)34)19-7-5-4-6-8-19/h4-10,15,20,24H,11-14,16-18H2,1-3H3,(H,30,35)(H,33,34). The van der Waals surface area contributed by atoms with Crippen molar-refractivity contribution < 1.29 is 29.0 Å². The molecule has 1 saturated heterocycles. The number of hydrogen-bond acceptors (Lipinski definition) is 5. The highest BCUT2D eigenvalue weighted by atomic mass is 16.6. The Morgan fingerprint density at radius 2 is 1.63 bits per heavy atom. The fraction of sp³-hybridized carbons (Fsp3) is 0.448. The first-order chi connectivity index (χ1) is 18.0. The zero-order chi connectivity index (χ0) is 27.4. The lowest BCUT2D eigenvalue weighted by Gasteiger charge is -2.32. The van der Waals surface area contributed by atoms with Crippen molar-refractivity contribution in [2.75, 3.05) is 13.1 Å². The molecule has 2 aromatic carbocycles. The van der Waals surface area contributed by atoms with Crippen LogP contribution < -0.4 is 5.32 Å². The summed E-state index contributed by atoms with van der Waals surface area (Å²) in [5.74, 6) is -1.56. The summed E-state index contributed by atoms with van der Waals surface area (Å²) < 4.78 is 5.47. The fourth-order valence-corrected chi connectivity index (χ4v) is 4.91. The summed E-state index contributed by atoms with van der Waals surface area (Å²) in [5.41, 5.74) is 2.66. The van der Waals surface area contributed by atoms with E-state index in [1.807, 2.05) is 51.1 Å². The normalized spacial score (nSPS) is 16.5. The molecule has 0 aliphatic carbocycles. The Bertz CT molecular complexity index is 1200. The molecule has 2 aliphatic heterocycles. The SMILES string of the molecule is CC(C)(C)OC(=O)N1Cc2ccc(C(=O)N3CCC(C(=O)NC(CC(=O)O)c4ccccc4)CC3)cc2C1. The van der Waals surface area contributed by atoms with Crippen LogP contribution in [0.2, 0.25) is 0 Å². The number of carboxylic acid groups (broad SMARTS) is 1. The van der Waals surface area contributed by atoms with E-state index in [1.165, 1.54) is 0 Å². The molecule has 4 rings (SSSR count). The summed E-state index contributed by atoms with van der Waals surface area (Å²) >= 11 is 0. The molecular formula is C29H35N3O6. The van der Waals surface area contributed by atoms with Gasteiger partial charge in [0.2, 0.25) is 5.91 Å². The van der Waals surface area contributed by atoms with Gasteiger partial charge in [-0.2, -0.15) is 0 Å². The first kappa shape index (κ1) is 27.2. The number of ether oxygens (including phenoxy) is 1. The molecule has 0 radical (unpaired) electrons. The summed E-state index contributed by atoms with van der Waals surface area (Å²) in [4.78, 5) is 53.4. The van der Waals surface area contributed by atoms with Crippen LogP contribution in [0.1, 0.15) is 73.1 Å². The Balaban J connectivity index is 1.33. The smallest absolute Gasteiger partial charge is 0.410 e. The van der Waals surface area contributed by atoms with Crippen LogP contribution in [0.25, 0.3) is 0 Å². The van der Waals surface area contributed by atoms with Gasteiger partial charge in [-0.05, 0) is 62.4 Å². The molecule has 0 bridgehead atoms. The van der Waals surface area contributed by atoms with Gasteiger partial charge in [0.15, 0.2) is 0 Å². The molecule has 9 nitrogen and oxygen atoms in total. The minimum atomic E-state index is -0.983.